The van der Waals surface area contributed by atoms with E-state index in [0.29, 0.717) is 16.7 Å². The molecule has 0 aliphatic heterocycles. The minimum atomic E-state index is -1.42. The van der Waals surface area contributed by atoms with Crippen molar-refractivity contribution in [3.63, 3.8) is 0 Å². The fourth-order valence-electron chi connectivity index (χ4n) is 2.20. The van der Waals surface area contributed by atoms with Gasteiger partial charge in [0.15, 0.2) is 11.6 Å². The van der Waals surface area contributed by atoms with Crippen molar-refractivity contribution in [2.45, 2.75) is 19.4 Å². The third-order valence-corrected chi connectivity index (χ3v) is 3.61. The molecule has 23 heavy (non-hydrogen) atoms. The second kappa shape index (κ2) is 6.34. The van der Waals surface area contributed by atoms with Crippen LogP contribution in [0.15, 0.2) is 48.5 Å². The Labute approximate surface area is 136 Å². The van der Waals surface area contributed by atoms with Crippen LogP contribution in [0, 0.1) is 0 Å². The highest BCUT2D eigenvalue weighted by Crippen LogP contribution is 2.18. The SMILES string of the molecule is CN(C)c1ccc(C(=O)c2ccc(C(=O)C(C)(C)O)cc2)cc1. The van der Waals surface area contributed by atoms with Crippen molar-refractivity contribution in [3.8, 4) is 0 Å². The van der Waals surface area contributed by atoms with E-state index in [0.717, 1.165) is 5.69 Å². The Kier molecular flexibility index (Phi) is 4.66. The van der Waals surface area contributed by atoms with E-state index in [4.69, 9.17) is 0 Å². The monoisotopic (exact) mass is 311 g/mol. The summed E-state index contributed by atoms with van der Waals surface area (Å²) in [7, 11) is 3.88. The topological polar surface area (TPSA) is 57.6 Å². The molecule has 1 N–H and O–H groups in total. The third-order valence-electron chi connectivity index (χ3n) is 3.61. The summed E-state index contributed by atoms with van der Waals surface area (Å²) in [5.74, 6) is -0.468. The molecule has 0 fully saturated rings. The molecule has 0 aliphatic rings. The fourth-order valence-corrected chi connectivity index (χ4v) is 2.20. The summed E-state index contributed by atoms with van der Waals surface area (Å²) in [4.78, 5) is 26.4. The van der Waals surface area contributed by atoms with Crippen molar-refractivity contribution in [3.05, 3.63) is 65.2 Å². The van der Waals surface area contributed by atoms with Crippen LogP contribution in [0.2, 0.25) is 0 Å². The Morgan fingerprint density at radius 3 is 1.61 bits per heavy atom. The summed E-state index contributed by atoms with van der Waals surface area (Å²) in [5, 5.41) is 9.75. The van der Waals surface area contributed by atoms with E-state index < -0.39 is 5.60 Å². The molecule has 0 heterocycles. The second-order valence-corrected chi connectivity index (χ2v) is 6.24. The molecule has 0 unspecified atom stereocenters. The molecule has 0 atom stereocenters. The Morgan fingerprint density at radius 2 is 1.22 bits per heavy atom. The standard InChI is InChI=1S/C19H21NO3/c1-19(2,23)18(22)15-7-5-13(6-8-15)17(21)14-9-11-16(12-10-14)20(3)4/h5-12,23H,1-4H3. The molecule has 2 aromatic carbocycles. The van der Waals surface area contributed by atoms with E-state index in [2.05, 4.69) is 0 Å². The first-order chi connectivity index (χ1) is 10.7. The first-order valence-electron chi connectivity index (χ1n) is 7.39. The minimum absolute atomic E-state index is 0.0995. The van der Waals surface area contributed by atoms with Crippen molar-refractivity contribution in [1.29, 1.82) is 0 Å². The number of hydrogen-bond acceptors (Lipinski definition) is 4. The van der Waals surface area contributed by atoms with Gasteiger partial charge in [0.25, 0.3) is 0 Å². The number of carbonyl (C=O) groups is 2. The normalized spacial score (nSPS) is 11.2. The molecule has 2 aromatic rings. The lowest BCUT2D eigenvalue weighted by atomic mass is 9.95. The summed E-state index contributed by atoms with van der Waals surface area (Å²) in [5.41, 5.74) is 1.09. The Morgan fingerprint density at radius 1 is 0.826 bits per heavy atom. The predicted octanol–water partition coefficient (Wildman–Crippen LogP) is 2.94. The predicted molar refractivity (Wildman–Crippen MR) is 91.3 cm³/mol. The zero-order valence-corrected chi connectivity index (χ0v) is 13.8. The fraction of sp³-hybridized carbons (Fsp3) is 0.263. The summed E-state index contributed by atoms with van der Waals surface area (Å²) in [6, 6.07) is 13.7. The van der Waals surface area contributed by atoms with Gasteiger partial charge in [0.05, 0.1) is 0 Å². The maximum absolute atomic E-state index is 12.5. The van der Waals surface area contributed by atoms with Gasteiger partial charge in [-0.3, -0.25) is 9.59 Å². The summed E-state index contributed by atoms with van der Waals surface area (Å²) in [6.45, 7) is 2.89. The van der Waals surface area contributed by atoms with Crippen LogP contribution in [0.4, 0.5) is 5.69 Å². The first kappa shape index (κ1) is 16.9. The third kappa shape index (κ3) is 3.85. The quantitative estimate of drug-likeness (QED) is 0.863. The van der Waals surface area contributed by atoms with E-state index in [1.54, 1.807) is 36.4 Å². The van der Waals surface area contributed by atoms with Crippen LogP contribution in [0.25, 0.3) is 0 Å². The highest BCUT2D eigenvalue weighted by atomic mass is 16.3. The number of ketones is 2. The van der Waals surface area contributed by atoms with Gasteiger partial charge in [-0.05, 0) is 38.1 Å². The van der Waals surface area contributed by atoms with E-state index in [1.165, 1.54) is 13.8 Å². The molecule has 120 valence electrons. The zero-order chi connectivity index (χ0) is 17.2. The molecule has 0 spiro atoms. The lowest BCUT2D eigenvalue weighted by molar-refractivity contribution is 0.0488. The summed E-state index contributed by atoms with van der Waals surface area (Å²) in [6.07, 6.45) is 0. The van der Waals surface area contributed by atoms with Gasteiger partial charge in [-0.1, -0.05) is 24.3 Å². The Bertz CT molecular complexity index is 708. The van der Waals surface area contributed by atoms with Gasteiger partial charge < -0.3 is 10.0 Å². The minimum Gasteiger partial charge on any atom is -0.382 e. The molecular formula is C19H21NO3. The highest BCUT2D eigenvalue weighted by molar-refractivity contribution is 6.10. The van der Waals surface area contributed by atoms with Gasteiger partial charge in [-0.15, -0.1) is 0 Å². The molecule has 4 heteroatoms. The number of carbonyl (C=O) groups excluding carboxylic acids is 2. The van der Waals surface area contributed by atoms with Gasteiger partial charge in [0, 0.05) is 36.5 Å². The van der Waals surface area contributed by atoms with Gasteiger partial charge in [-0.25, -0.2) is 0 Å². The maximum Gasteiger partial charge on any atom is 0.193 e. The zero-order valence-electron chi connectivity index (χ0n) is 13.8. The molecule has 0 aromatic heterocycles. The maximum atomic E-state index is 12.5. The Balaban J connectivity index is 2.22. The van der Waals surface area contributed by atoms with Gasteiger partial charge >= 0.3 is 0 Å². The number of benzene rings is 2. The van der Waals surface area contributed by atoms with E-state index in [-0.39, 0.29) is 11.6 Å². The molecular weight excluding hydrogens is 290 g/mol. The van der Waals surface area contributed by atoms with Crippen molar-refractivity contribution in [2.24, 2.45) is 0 Å². The van der Waals surface area contributed by atoms with E-state index >= 15 is 0 Å². The number of nitrogens with zero attached hydrogens (tertiary/aromatic N) is 1. The van der Waals surface area contributed by atoms with Crippen LogP contribution in [0.1, 0.15) is 40.1 Å². The van der Waals surface area contributed by atoms with Gasteiger partial charge in [-0.2, -0.15) is 0 Å². The van der Waals surface area contributed by atoms with E-state index in [9.17, 15) is 14.7 Å². The molecule has 0 amide bonds. The van der Waals surface area contributed by atoms with E-state index in [1.807, 2.05) is 31.1 Å². The number of hydrogen-bond donors (Lipinski definition) is 1. The number of Topliss-reactive ketones (excluding diaryl/α,β-unsaturated/α-hetero) is 1. The smallest absolute Gasteiger partial charge is 0.193 e. The van der Waals surface area contributed by atoms with Crippen LogP contribution >= 0.6 is 0 Å². The van der Waals surface area contributed by atoms with Gasteiger partial charge in [0.2, 0.25) is 0 Å². The average molecular weight is 311 g/mol. The molecule has 2 rings (SSSR count). The molecule has 0 saturated heterocycles. The van der Waals surface area contributed by atoms with Crippen molar-refractivity contribution >= 4 is 17.3 Å². The van der Waals surface area contributed by atoms with Crippen LogP contribution in [0.3, 0.4) is 0 Å². The molecule has 0 aliphatic carbocycles. The van der Waals surface area contributed by atoms with Crippen molar-refractivity contribution < 1.29 is 14.7 Å². The second-order valence-electron chi connectivity index (χ2n) is 6.24. The summed E-state index contributed by atoms with van der Waals surface area (Å²) >= 11 is 0. The van der Waals surface area contributed by atoms with Gasteiger partial charge in [0.1, 0.15) is 5.60 Å². The van der Waals surface area contributed by atoms with Crippen LogP contribution < -0.4 is 4.90 Å². The van der Waals surface area contributed by atoms with Crippen LogP contribution in [0.5, 0.6) is 0 Å². The number of aliphatic hydroxyl groups is 1. The number of anilines is 1. The Hall–Kier alpha value is -2.46. The first-order valence-corrected chi connectivity index (χ1v) is 7.39. The van der Waals surface area contributed by atoms with Crippen LogP contribution in [-0.4, -0.2) is 36.4 Å². The molecule has 0 saturated carbocycles. The summed E-state index contributed by atoms with van der Waals surface area (Å²) < 4.78 is 0. The lowest BCUT2D eigenvalue weighted by Crippen LogP contribution is -2.31. The van der Waals surface area contributed by atoms with Crippen molar-refractivity contribution in [1.82, 2.24) is 0 Å². The molecule has 0 bridgehead atoms. The molecule has 0 radical (unpaired) electrons. The lowest BCUT2D eigenvalue weighted by Gasteiger charge is -2.15. The average Bonchev–Trinajstić information content (AvgIpc) is 2.53. The molecule has 4 nitrogen and oxygen atoms in total. The van der Waals surface area contributed by atoms with Crippen LogP contribution in [-0.2, 0) is 0 Å². The van der Waals surface area contributed by atoms with Crippen molar-refractivity contribution in [2.75, 3.05) is 19.0 Å². The number of rotatable bonds is 5. The largest absolute Gasteiger partial charge is 0.382 e. The highest BCUT2D eigenvalue weighted by Gasteiger charge is 2.25.